The van der Waals surface area contributed by atoms with E-state index in [2.05, 4.69) is 22.5 Å². The van der Waals surface area contributed by atoms with Gasteiger partial charge in [0.05, 0.1) is 0 Å². The molecule has 1 fully saturated rings. The van der Waals surface area contributed by atoms with Crippen LogP contribution in [0.4, 0.5) is 4.79 Å². The molecule has 2 amide bonds. The van der Waals surface area contributed by atoms with E-state index in [4.69, 9.17) is 5.73 Å². The molecule has 0 radical (unpaired) electrons. The first-order valence-electron chi connectivity index (χ1n) is 5.71. The quantitative estimate of drug-likeness (QED) is 0.552. The number of likely N-dealkylation sites (tertiary alicyclic amines) is 1. The van der Waals surface area contributed by atoms with E-state index < -0.39 is 6.03 Å². The number of primary amides is 1. The van der Waals surface area contributed by atoms with Gasteiger partial charge in [-0.2, -0.15) is 0 Å². The molecule has 88 valence electrons. The van der Waals surface area contributed by atoms with Gasteiger partial charge in [0.2, 0.25) is 0 Å². The zero-order valence-electron chi connectivity index (χ0n) is 9.46. The SMILES string of the molecule is CCN1CCC(NCCNC(N)=O)CC1. The summed E-state index contributed by atoms with van der Waals surface area (Å²) < 4.78 is 0. The second-order valence-corrected chi connectivity index (χ2v) is 3.95. The molecule has 0 aromatic carbocycles. The Morgan fingerprint density at radius 1 is 1.40 bits per heavy atom. The Morgan fingerprint density at radius 3 is 2.60 bits per heavy atom. The molecule has 1 rings (SSSR count). The van der Waals surface area contributed by atoms with Crippen LogP contribution >= 0.6 is 0 Å². The van der Waals surface area contributed by atoms with E-state index in [1.807, 2.05) is 0 Å². The molecule has 0 aromatic rings. The van der Waals surface area contributed by atoms with Crippen LogP contribution in [0.1, 0.15) is 19.8 Å². The monoisotopic (exact) mass is 214 g/mol. The van der Waals surface area contributed by atoms with Crippen molar-refractivity contribution in [1.82, 2.24) is 15.5 Å². The van der Waals surface area contributed by atoms with Crippen LogP contribution in [0.15, 0.2) is 0 Å². The number of piperidine rings is 1. The molecule has 0 aromatic heterocycles. The minimum absolute atomic E-state index is 0.447. The maximum absolute atomic E-state index is 10.4. The lowest BCUT2D eigenvalue weighted by molar-refractivity contribution is 0.206. The molecule has 15 heavy (non-hydrogen) atoms. The Bertz CT molecular complexity index is 190. The van der Waals surface area contributed by atoms with Crippen molar-refractivity contribution in [1.29, 1.82) is 0 Å². The molecular formula is C10H22N4O. The molecule has 1 aliphatic heterocycles. The average molecular weight is 214 g/mol. The molecule has 1 heterocycles. The maximum atomic E-state index is 10.4. The molecule has 1 aliphatic rings. The molecule has 0 saturated carbocycles. The third-order valence-electron chi connectivity index (χ3n) is 2.89. The average Bonchev–Trinajstić information content (AvgIpc) is 2.25. The van der Waals surface area contributed by atoms with Crippen molar-refractivity contribution >= 4 is 6.03 Å². The summed E-state index contributed by atoms with van der Waals surface area (Å²) in [6.45, 7) is 7.12. The topological polar surface area (TPSA) is 70.4 Å². The normalized spacial score (nSPS) is 19.0. The number of amides is 2. The number of carbonyl (C=O) groups is 1. The van der Waals surface area contributed by atoms with E-state index in [0.717, 1.165) is 13.1 Å². The van der Waals surface area contributed by atoms with Crippen LogP contribution in [0.25, 0.3) is 0 Å². The Kier molecular flexibility index (Phi) is 5.42. The van der Waals surface area contributed by atoms with Crippen LogP contribution in [0.3, 0.4) is 0 Å². The predicted octanol–water partition coefficient (Wildman–Crippen LogP) is -0.271. The van der Waals surface area contributed by atoms with Gasteiger partial charge in [0.15, 0.2) is 0 Å². The molecule has 5 nitrogen and oxygen atoms in total. The number of urea groups is 1. The largest absolute Gasteiger partial charge is 0.352 e. The molecule has 0 atom stereocenters. The summed E-state index contributed by atoms with van der Waals surface area (Å²) in [6, 6.07) is 0.153. The van der Waals surface area contributed by atoms with Gasteiger partial charge in [-0.25, -0.2) is 4.79 Å². The van der Waals surface area contributed by atoms with Gasteiger partial charge in [-0.15, -0.1) is 0 Å². The van der Waals surface area contributed by atoms with Crippen molar-refractivity contribution in [2.75, 3.05) is 32.7 Å². The molecule has 0 bridgehead atoms. The lowest BCUT2D eigenvalue weighted by atomic mass is 10.1. The molecule has 5 heteroatoms. The minimum Gasteiger partial charge on any atom is -0.352 e. The lowest BCUT2D eigenvalue weighted by Crippen LogP contribution is -2.45. The van der Waals surface area contributed by atoms with Gasteiger partial charge in [-0.3, -0.25) is 0 Å². The molecule has 0 spiro atoms. The van der Waals surface area contributed by atoms with Crippen LogP contribution in [-0.4, -0.2) is 49.7 Å². The first-order valence-corrected chi connectivity index (χ1v) is 5.71. The Balaban J connectivity index is 2.01. The molecule has 4 N–H and O–H groups in total. The molecule has 0 unspecified atom stereocenters. The van der Waals surface area contributed by atoms with Crippen molar-refractivity contribution in [2.24, 2.45) is 5.73 Å². The van der Waals surface area contributed by atoms with E-state index in [1.165, 1.54) is 25.9 Å². The second kappa shape index (κ2) is 6.63. The van der Waals surface area contributed by atoms with Crippen LogP contribution in [0.2, 0.25) is 0 Å². The highest BCUT2D eigenvalue weighted by Crippen LogP contribution is 2.08. The van der Waals surface area contributed by atoms with Crippen LogP contribution in [0, 0.1) is 0 Å². The van der Waals surface area contributed by atoms with Gasteiger partial charge in [-0.05, 0) is 32.5 Å². The van der Waals surface area contributed by atoms with E-state index in [1.54, 1.807) is 0 Å². The Labute approximate surface area is 91.4 Å². The van der Waals surface area contributed by atoms with E-state index in [9.17, 15) is 4.79 Å². The predicted molar refractivity (Wildman–Crippen MR) is 60.7 cm³/mol. The zero-order chi connectivity index (χ0) is 11.1. The van der Waals surface area contributed by atoms with Gasteiger partial charge < -0.3 is 21.3 Å². The van der Waals surface area contributed by atoms with Gasteiger partial charge in [0.1, 0.15) is 0 Å². The number of nitrogens with one attached hydrogen (secondary N) is 2. The fourth-order valence-electron chi connectivity index (χ4n) is 1.92. The van der Waals surface area contributed by atoms with Crippen molar-refractivity contribution in [3.8, 4) is 0 Å². The fraction of sp³-hybridized carbons (Fsp3) is 0.900. The molecule has 1 saturated heterocycles. The number of nitrogens with zero attached hydrogens (tertiary/aromatic N) is 1. The van der Waals surface area contributed by atoms with E-state index in [-0.39, 0.29) is 0 Å². The van der Waals surface area contributed by atoms with Crippen molar-refractivity contribution < 1.29 is 4.79 Å². The summed E-state index contributed by atoms with van der Waals surface area (Å²) in [5.74, 6) is 0. The van der Waals surface area contributed by atoms with Crippen molar-refractivity contribution in [3.63, 3.8) is 0 Å². The van der Waals surface area contributed by atoms with Gasteiger partial charge in [-0.1, -0.05) is 6.92 Å². The summed E-state index contributed by atoms with van der Waals surface area (Å²) >= 11 is 0. The van der Waals surface area contributed by atoms with Gasteiger partial charge >= 0.3 is 6.03 Å². The molecular weight excluding hydrogens is 192 g/mol. The molecule has 0 aliphatic carbocycles. The van der Waals surface area contributed by atoms with Crippen molar-refractivity contribution in [3.05, 3.63) is 0 Å². The number of hydrogen-bond donors (Lipinski definition) is 3. The summed E-state index contributed by atoms with van der Waals surface area (Å²) in [4.78, 5) is 12.9. The fourth-order valence-corrected chi connectivity index (χ4v) is 1.92. The Hall–Kier alpha value is -0.810. The number of hydrogen-bond acceptors (Lipinski definition) is 3. The van der Waals surface area contributed by atoms with Crippen LogP contribution in [0.5, 0.6) is 0 Å². The Morgan fingerprint density at radius 2 is 2.07 bits per heavy atom. The van der Waals surface area contributed by atoms with Crippen molar-refractivity contribution in [2.45, 2.75) is 25.8 Å². The van der Waals surface area contributed by atoms with E-state index >= 15 is 0 Å². The van der Waals surface area contributed by atoms with Gasteiger partial charge in [0, 0.05) is 19.1 Å². The summed E-state index contributed by atoms with van der Waals surface area (Å²) in [6.07, 6.45) is 2.40. The minimum atomic E-state index is -0.447. The summed E-state index contributed by atoms with van der Waals surface area (Å²) in [7, 11) is 0. The third kappa shape index (κ3) is 4.99. The summed E-state index contributed by atoms with van der Waals surface area (Å²) in [5.41, 5.74) is 4.96. The highest BCUT2D eigenvalue weighted by atomic mass is 16.2. The van der Waals surface area contributed by atoms with Crippen LogP contribution < -0.4 is 16.4 Å². The second-order valence-electron chi connectivity index (χ2n) is 3.95. The number of nitrogens with two attached hydrogens (primary N) is 1. The van der Waals surface area contributed by atoms with E-state index in [0.29, 0.717) is 12.6 Å². The highest BCUT2D eigenvalue weighted by Gasteiger charge is 2.16. The first-order chi connectivity index (χ1) is 7.22. The zero-order valence-corrected chi connectivity index (χ0v) is 9.46. The summed E-state index contributed by atoms with van der Waals surface area (Å²) in [5, 5.41) is 6.00. The standard InChI is InChI=1S/C10H22N4O/c1-2-14-7-3-9(4-8-14)12-5-6-13-10(11)15/h9,12H,2-8H2,1H3,(H3,11,13,15). The highest BCUT2D eigenvalue weighted by molar-refractivity contribution is 5.71. The number of rotatable bonds is 5. The third-order valence-corrected chi connectivity index (χ3v) is 2.89. The maximum Gasteiger partial charge on any atom is 0.312 e. The number of carbonyl (C=O) groups excluding carboxylic acids is 1. The van der Waals surface area contributed by atoms with Crippen LogP contribution in [-0.2, 0) is 0 Å². The smallest absolute Gasteiger partial charge is 0.312 e. The van der Waals surface area contributed by atoms with Gasteiger partial charge in [0.25, 0.3) is 0 Å². The lowest BCUT2D eigenvalue weighted by Gasteiger charge is -2.31. The first kappa shape index (κ1) is 12.3.